The van der Waals surface area contributed by atoms with E-state index in [0.717, 1.165) is 5.01 Å². The summed E-state index contributed by atoms with van der Waals surface area (Å²) in [7, 11) is 0. The van der Waals surface area contributed by atoms with Crippen molar-refractivity contribution in [3.05, 3.63) is 16.6 Å². The van der Waals surface area contributed by atoms with Gasteiger partial charge < -0.3 is 10.6 Å². The van der Waals surface area contributed by atoms with Crippen LogP contribution >= 0.6 is 24.0 Å². The van der Waals surface area contributed by atoms with Crippen LogP contribution in [-0.2, 0) is 16.0 Å². The predicted molar refractivity (Wildman–Crippen MR) is 70.3 cm³/mol. The fourth-order valence-corrected chi connectivity index (χ4v) is 2.11. The van der Waals surface area contributed by atoms with Crippen molar-refractivity contribution in [2.75, 3.05) is 12.3 Å². The van der Waals surface area contributed by atoms with E-state index in [9.17, 15) is 9.59 Å². The first-order valence-electron chi connectivity index (χ1n) is 5.17. The van der Waals surface area contributed by atoms with Crippen LogP contribution in [-0.4, -0.2) is 35.1 Å². The van der Waals surface area contributed by atoms with Crippen molar-refractivity contribution in [1.29, 1.82) is 0 Å². The van der Waals surface area contributed by atoms with Crippen LogP contribution in [0.3, 0.4) is 0 Å². The third kappa shape index (κ3) is 5.18. The third-order valence-electron chi connectivity index (χ3n) is 2.00. The number of rotatable bonds is 6. The van der Waals surface area contributed by atoms with Crippen molar-refractivity contribution in [1.82, 2.24) is 15.6 Å². The molecule has 0 aliphatic carbocycles. The van der Waals surface area contributed by atoms with E-state index in [1.165, 1.54) is 6.92 Å². The van der Waals surface area contributed by atoms with Crippen molar-refractivity contribution >= 4 is 35.8 Å². The molecule has 1 unspecified atom stereocenters. The Balaban J connectivity index is 2.29. The van der Waals surface area contributed by atoms with Gasteiger partial charge in [0, 0.05) is 37.2 Å². The fraction of sp³-hybridized carbons (Fsp3) is 0.500. The summed E-state index contributed by atoms with van der Waals surface area (Å²) < 4.78 is 0. The zero-order valence-electron chi connectivity index (χ0n) is 9.47. The van der Waals surface area contributed by atoms with Crippen molar-refractivity contribution in [2.24, 2.45) is 0 Å². The van der Waals surface area contributed by atoms with Crippen LogP contribution in [0.5, 0.6) is 0 Å². The topological polar surface area (TPSA) is 71.1 Å². The first-order chi connectivity index (χ1) is 8.13. The number of hydrogen-bond donors (Lipinski definition) is 3. The van der Waals surface area contributed by atoms with Gasteiger partial charge in [-0.15, -0.1) is 11.3 Å². The zero-order valence-corrected chi connectivity index (χ0v) is 11.2. The number of carbonyl (C=O) groups excluding carboxylic acids is 2. The minimum absolute atomic E-state index is 0.216. The highest BCUT2D eigenvalue weighted by molar-refractivity contribution is 7.80. The van der Waals surface area contributed by atoms with Gasteiger partial charge in [-0.25, -0.2) is 4.98 Å². The van der Waals surface area contributed by atoms with Gasteiger partial charge in [0.2, 0.25) is 11.8 Å². The van der Waals surface area contributed by atoms with E-state index >= 15 is 0 Å². The number of nitrogens with zero attached hydrogens (tertiary/aromatic N) is 1. The van der Waals surface area contributed by atoms with Crippen LogP contribution in [0.25, 0.3) is 0 Å². The molecule has 94 valence electrons. The number of carbonyl (C=O) groups is 2. The Kier molecular flexibility index (Phi) is 5.99. The molecule has 0 aliphatic rings. The maximum Gasteiger partial charge on any atom is 0.243 e. The molecule has 1 aromatic rings. The Hall–Kier alpha value is -1.08. The molecule has 0 saturated carbocycles. The molecule has 0 fully saturated rings. The molecular formula is C10H15N3O2S2. The second kappa shape index (κ2) is 7.29. The van der Waals surface area contributed by atoms with Crippen molar-refractivity contribution < 1.29 is 9.59 Å². The Morgan fingerprint density at radius 3 is 2.88 bits per heavy atom. The van der Waals surface area contributed by atoms with Gasteiger partial charge in [0.1, 0.15) is 6.04 Å². The van der Waals surface area contributed by atoms with Gasteiger partial charge in [0.25, 0.3) is 0 Å². The summed E-state index contributed by atoms with van der Waals surface area (Å²) in [4.78, 5) is 26.6. The molecule has 2 N–H and O–H groups in total. The van der Waals surface area contributed by atoms with Crippen LogP contribution in [0, 0.1) is 0 Å². The summed E-state index contributed by atoms with van der Waals surface area (Å²) in [5, 5.41) is 8.15. The molecule has 1 heterocycles. The van der Waals surface area contributed by atoms with Gasteiger partial charge in [0.05, 0.1) is 5.01 Å². The highest BCUT2D eigenvalue weighted by atomic mass is 32.1. The average molecular weight is 273 g/mol. The van der Waals surface area contributed by atoms with Crippen LogP contribution in [0.1, 0.15) is 11.9 Å². The van der Waals surface area contributed by atoms with Crippen LogP contribution in [0.15, 0.2) is 11.6 Å². The van der Waals surface area contributed by atoms with Crippen LogP contribution < -0.4 is 10.6 Å². The van der Waals surface area contributed by atoms with E-state index in [0.29, 0.717) is 13.0 Å². The molecule has 0 aromatic carbocycles. The Morgan fingerprint density at radius 1 is 1.59 bits per heavy atom. The SMILES string of the molecule is CC(=O)NC(CS)C(=O)NCCc1nccs1. The molecule has 0 saturated heterocycles. The summed E-state index contributed by atoms with van der Waals surface area (Å²) >= 11 is 5.58. The summed E-state index contributed by atoms with van der Waals surface area (Å²) in [6.45, 7) is 1.88. The summed E-state index contributed by atoms with van der Waals surface area (Å²) in [6, 6.07) is -0.577. The normalized spacial score (nSPS) is 11.9. The van der Waals surface area contributed by atoms with E-state index in [-0.39, 0.29) is 17.6 Å². The van der Waals surface area contributed by atoms with Gasteiger partial charge in [0.15, 0.2) is 0 Å². The lowest BCUT2D eigenvalue weighted by molar-refractivity contribution is -0.127. The first kappa shape index (κ1) is 14.0. The molecule has 1 rings (SSSR count). The van der Waals surface area contributed by atoms with E-state index < -0.39 is 6.04 Å². The molecule has 1 aromatic heterocycles. The molecule has 2 amide bonds. The van der Waals surface area contributed by atoms with Gasteiger partial charge in [-0.2, -0.15) is 12.6 Å². The smallest absolute Gasteiger partial charge is 0.243 e. The first-order valence-corrected chi connectivity index (χ1v) is 6.68. The highest BCUT2D eigenvalue weighted by Gasteiger charge is 2.16. The van der Waals surface area contributed by atoms with Gasteiger partial charge in [-0.3, -0.25) is 9.59 Å². The second-order valence-electron chi connectivity index (χ2n) is 3.40. The minimum Gasteiger partial charge on any atom is -0.354 e. The Morgan fingerprint density at radius 2 is 2.35 bits per heavy atom. The summed E-state index contributed by atoms with van der Waals surface area (Å²) in [5.41, 5.74) is 0. The molecule has 0 radical (unpaired) electrons. The average Bonchev–Trinajstić information content (AvgIpc) is 2.78. The van der Waals surface area contributed by atoms with Gasteiger partial charge in [-0.1, -0.05) is 0 Å². The van der Waals surface area contributed by atoms with E-state index in [1.807, 2.05) is 5.38 Å². The third-order valence-corrected chi connectivity index (χ3v) is 3.20. The number of aromatic nitrogens is 1. The van der Waals surface area contributed by atoms with Gasteiger partial charge in [-0.05, 0) is 0 Å². The zero-order chi connectivity index (χ0) is 12.7. The van der Waals surface area contributed by atoms with Crippen LogP contribution in [0.4, 0.5) is 0 Å². The van der Waals surface area contributed by atoms with E-state index in [4.69, 9.17) is 0 Å². The van der Waals surface area contributed by atoms with Crippen LogP contribution in [0.2, 0.25) is 0 Å². The largest absolute Gasteiger partial charge is 0.354 e. The summed E-state index contributed by atoms with van der Waals surface area (Å²) in [6.07, 6.45) is 2.43. The minimum atomic E-state index is -0.577. The van der Waals surface area contributed by atoms with Crippen molar-refractivity contribution in [3.8, 4) is 0 Å². The predicted octanol–water partition coefficient (Wildman–Crippen LogP) is 0.236. The standard InChI is InChI=1S/C10H15N3O2S2/c1-7(14)13-8(6-16)10(15)12-3-2-9-11-4-5-17-9/h4-5,8,16H,2-3,6H2,1H3,(H,12,15)(H,13,14). The quantitative estimate of drug-likeness (QED) is 0.650. The number of hydrogen-bond acceptors (Lipinski definition) is 5. The maximum atomic E-state index is 11.6. The molecule has 0 bridgehead atoms. The molecule has 1 atom stereocenters. The monoisotopic (exact) mass is 273 g/mol. The number of amides is 2. The molecule has 5 nitrogen and oxygen atoms in total. The molecule has 0 spiro atoms. The molecule has 17 heavy (non-hydrogen) atoms. The lowest BCUT2D eigenvalue weighted by Gasteiger charge is -2.14. The molecular weight excluding hydrogens is 258 g/mol. The number of nitrogens with one attached hydrogen (secondary N) is 2. The Labute approximate surface area is 109 Å². The van der Waals surface area contributed by atoms with Crippen molar-refractivity contribution in [2.45, 2.75) is 19.4 Å². The summed E-state index contributed by atoms with van der Waals surface area (Å²) in [5.74, 6) is -0.172. The lowest BCUT2D eigenvalue weighted by atomic mass is 10.3. The highest BCUT2D eigenvalue weighted by Crippen LogP contribution is 2.03. The maximum absolute atomic E-state index is 11.6. The second-order valence-corrected chi connectivity index (χ2v) is 4.75. The number of thiol groups is 1. The Bertz CT molecular complexity index is 368. The lowest BCUT2D eigenvalue weighted by Crippen LogP contribution is -2.47. The van der Waals surface area contributed by atoms with Crippen molar-refractivity contribution in [3.63, 3.8) is 0 Å². The number of thiazole rings is 1. The molecule has 7 heteroatoms. The van der Waals surface area contributed by atoms with Gasteiger partial charge >= 0.3 is 0 Å². The molecule has 0 aliphatic heterocycles. The fourth-order valence-electron chi connectivity index (χ4n) is 1.23. The van der Waals surface area contributed by atoms with E-state index in [1.54, 1.807) is 17.5 Å². The van der Waals surface area contributed by atoms with E-state index in [2.05, 4.69) is 28.2 Å².